The van der Waals surface area contributed by atoms with Crippen molar-refractivity contribution in [3.05, 3.63) is 35.4 Å². The summed E-state index contributed by atoms with van der Waals surface area (Å²) in [4.78, 5) is 15.6. The van der Waals surface area contributed by atoms with E-state index in [-0.39, 0.29) is 34.7 Å². The zero-order valence-corrected chi connectivity index (χ0v) is 18.2. The molecular weight excluding hydrogens is 437 g/mol. The second kappa shape index (κ2) is 11.6. The molecule has 1 aromatic carbocycles. The number of hydrogen-bond acceptors (Lipinski definition) is 4. The second-order valence-corrected chi connectivity index (χ2v) is 7.27. The molecule has 0 saturated carbocycles. The van der Waals surface area contributed by atoms with Crippen LogP contribution in [0.5, 0.6) is 0 Å². The molecule has 0 saturated heterocycles. The average Bonchev–Trinajstić information content (AvgIpc) is 2.57. The first-order valence-corrected chi connectivity index (χ1v) is 8.81. The fourth-order valence-corrected chi connectivity index (χ4v) is 2.06. The monoisotopic (exact) mass is 465 g/mol. The molecule has 136 valence electrons. The summed E-state index contributed by atoms with van der Waals surface area (Å²) in [5.74, 6) is 0.494. The van der Waals surface area contributed by atoms with E-state index in [9.17, 15) is 4.79 Å². The van der Waals surface area contributed by atoms with Crippen molar-refractivity contribution in [3.63, 3.8) is 0 Å². The Balaban J connectivity index is 0.00000529. The van der Waals surface area contributed by atoms with E-state index in [1.807, 2.05) is 23.9 Å². The molecule has 0 aliphatic carbocycles. The highest BCUT2D eigenvalue weighted by atomic mass is 127. The number of halogens is 1. The largest absolute Gasteiger partial charge is 0.465 e. The topological polar surface area (TPSA) is 62.7 Å². The van der Waals surface area contributed by atoms with Gasteiger partial charge in [0, 0.05) is 24.9 Å². The molecule has 5 nitrogen and oxygen atoms in total. The summed E-state index contributed by atoms with van der Waals surface area (Å²) in [6.45, 7) is 6.01. The number of guanidine groups is 1. The number of nitrogens with zero attached hydrogens (tertiary/aromatic N) is 1. The number of esters is 1. The molecule has 0 aromatic heterocycles. The van der Waals surface area contributed by atoms with Crippen LogP contribution in [0.4, 0.5) is 0 Å². The Labute approximate surface area is 166 Å². The molecule has 0 unspecified atom stereocenters. The maximum atomic E-state index is 11.4. The lowest BCUT2D eigenvalue weighted by molar-refractivity contribution is 0.0600. The third-order valence-corrected chi connectivity index (χ3v) is 4.79. The first-order valence-electron chi connectivity index (χ1n) is 7.59. The van der Waals surface area contributed by atoms with Gasteiger partial charge in [0.15, 0.2) is 5.96 Å². The van der Waals surface area contributed by atoms with E-state index < -0.39 is 0 Å². The fourth-order valence-electron chi connectivity index (χ4n) is 1.84. The standard InChI is InChI=1S/C17H27N3O2S.HI/c1-17(2,23-5)12-20-16(18-3)19-11-10-13-6-8-14(9-7-13)15(21)22-4;/h6-9H,10-12H2,1-5H3,(H2,18,19,20);1H. The molecule has 0 amide bonds. The van der Waals surface area contributed by atoms with Crippen LogP contribution in [0, 0.1) is 0 Å². The Bertz CT molecular complexity index is 533. The minimum atomic E-state index is -0.310. The third kappa shape index (κ3) is 8.23. The molecule has 0 aliphatic rings. The summed E-state index contributed by atoms with van der Waals surface area (Å²) < 4.78 is 4.86. The predicted molar refractivity (Wildman–Crippen MR) is 114 cm³/mol. The summed E-state index contributed by atoms with van der Waals surface area (Å²) in [6.07, 6.45) is 2.96. The van der Waals surface area contributed by atoms with Crippen LogP contribution >= 0.6 is 35.7 Å². The number of aliphatic imine (C=N–C) groups is 1. The number of rotatable bonds is 7. The minimum absolute atomic E-state index is 0. The summed E-state index contributed by atoms with van der Waals surface area (Å²) in [7, 11) is 3.16. The fraction of sp³-hybridized carbons (Fsp3) is 0.529. The van der Waals surface area contributed by atoms with E-state index in [1.165, 1.54) is 7.11 Å². The van der Waals surface area contributed by atoms with E-state index in [1.54, 1.807) is 19.2 Å². The molecule has 0 spiro atoms. The van der Waals surface area contributed by atoms with Crippen molar-refractivity contribution < 1.29 is 9.53 Å². The van der Waals surface area contributed by atoms with Crippen molar-refractivity contribution in [3.8, 4) is 0 Å². The van der Waals surface area contributed by atoms with Gasteiger partial charge in [0.25, 0.3) is 0 Å². The van der Waals surface area contributed by atoms with Gasteiger partial charge in [0.05, 0.1) is 12.7 Å². The molecule has 0 heterocycles. The highest BCUT2D eigenvalue weighted by Crippen LogP contribution is 2.19. The third-order valence-electron chi connectivity index (χ3n) is 3.54. The summed E-state index contributed by atoms with van der Waals surface area (Å²) in [5.41, 5.74) is 1.73. The van der Waals surface area contributed by atoms with E-state index in [0.717, 1.165) is 31.0 Å². The van der Waals surface area contributed by atoms with Crippen molar-refractivity contribution in [2.24, 2.45) is 4.99 Å². The first kappa shape index (κ1) is 23.0. The Hall–Kier alpha value is -0.960. The number of carbonyl (C=O) groups excluding carboxylic acids is 1. The molecular formula is C17H28IN3O2S. The normalized spacial score (nSPS) is 11.5. The van der Waals surface area contributed by atoms with Crippen molar-refractivity contribution in [2.75, 3.05) is 33.5 Å². The Morgan fingerprint density at radius 3 is 2.38 bits per heavy atom. The van der Waals surface area contributed by atoms with Gasteiger partial charge in [-0.15, -0.1) is 24.0 Å². The van der Waals surface area contributed by atoms with Gasteiger partial charge in [0.2, 0.25) is 0 Å². The first-order chi connectivity index (χ1) is 10.9. The Morgan fingerprint density at radius 2 is 1.88 bits per heavy atom. The van der Waals surface area contributed by atoms with Crippen LogP contribution in [0.1, 0.15) is 29.8 Å². The molecule has 0 aliphatic heterocycles. The summed E-state index contributed by atoms with van der Waals surface area (Å²) in [6, 6.07) is 7.46. The van der Waals surface area contributed by atoms with Crippen LogP contribution in [-0.2, 0) is 11.2 Å². The van der Waals surface area contributed by atoms with Crippen LogP contribution < -0.4 is 10.6 Å². The quantitative estimate of drug-likeness (QED) is 0.281. The number of benzene rings is 1. The molecule has 2 N–H and O–H groups in total. The van der Waals surface area contributed by atoms with Crippen LogP contribution in [0.2, 0.25) is 0 Å². The molecule has 1 rings (SSSR count). The highest BCUT2D eigenvalue weighted by molar-refractivity contribution is 14.0. The number of methoxy groups -OCH3 is 1. The van der Waals surface area contributed by atoms with Crippen LogP contribution in [0.25, 0.3) is 0 Å². The smallest absolute Gasteiger partial charge is 0.337 e. The maximum Gasteiger partial charge on any atom is 0.337 e. The van der Waals surface area contributed by atoms with Gasteiger partial charge < -0.3 is 15.4 Å². The number of thioether (sulfide) groups is 1. The van der Waals surface area contributed by atoms with Crippen LogP contribution in [0.3, 0.4) is 0 Å². The summed E-state index contributed by atoms with van der Waals surface area (Å²) in [5, 5.41) is 6.64. The highest BCUT2D eigenvalue weighted by Gasteiger charge is 2.15. The maximum absolute atomic E-state index is 11.4. The lowest BCUT2D eigenvalue weighted by Crippen LogP contribution is -2.43. The summed E-state index contributed by atoms with van der Waals surface area (Å²) >= 11 is 1.82. The Morgan fingerprint density at radius 1 is 1.25 bits per heavy atom. The minimum Gasteiger partial charge on any atom is -0.465 e. The van der Waals surface area contributed by atoms with Crippen LogP contribution in [-0.4, -0.2) is 50.2 Å². The molecule has 1 aromatic rings. The zero-order valence-electron chi connectivity index (χ0n) is 15.0. The van der Waals surface area contributed by atoms with Gasteiger partial charge >= 0.3 is 5.97 Å². The van der Waals surface area contributed by atoms with E-state index in [4.69, 9.17) is 0 Å². The molecule has 0 atom stereocenters. The lowest BCUT2D eigenvalue weighted by Gasteiger charge is -2.23. The molecule has 7 heteroatoms. The van der Waals surface area contributed by atoms with E-state index in [0.29, 0.717) is 5.56 Å². The molecule has 0 radical (unpaired) electrons. The zero-order chi connectivity index (χ0) is 17.3. The Kier molecular flexibility index (Phi) is 11.1. The van der Waals surface area contributed by atoms with E-state index in [2.05, 4.69) is 40.5 Å². The molecule has 0 bridgehead atoms. The van der Waals surface area contributed by atoms with Gasteiger partial charge in [0.1, 0.15) is 0 Å². The van der Waals surface area contributed by atoms with Crippen molar-refractivity contribution in [1.82, 2.24) is 10.6 Å². The second-order valence-electron chi connectivity index (χ2n) is 5.75. The van der Waals surface area contributed by atoms with Crippen molar-refractivity contribution >= 4 is 47.7 Å². The lowest BCUT2D eigenvalue weighted by atomic mass is 10.1. The van der Waals surface area contributed by atoms with E-state index >= 15 is 0 Å². The number of nitrogens with one attached hydrogen (secondary N) is 2. The van der Waals surface area contributed by atoms with Gasteiger partial charge in [-0.1, -0.05) is 12.1 Å². The predicted octanol–water partition coefficient (Wildman–Crippen LogP) is 2.94. The number of ether oxygens (including phenoxy) is 1. The SMILES string of the molecule is CN=C(NCCc1ccc(C(=O)OC)cc1)NCC(C)(C)SC.I. The van der Waals surface area contributed by atoms with Gasteiger partial charge in [-0.3, -0.25) is 4.99 Å². The van der Waals surface area contributed by atoms with Gasteiger partial charge in [-0.2, -0.15) is 11.8 Å². The van der Waals surface area contributed by atoms with Crippen molar-refractivity contribution in [1.29, 1.82) is 0 Å². The number of carbonyl (C=O) groups is 1. The average molecular weight is 465 g/mol. The number of hydrogen-bond donors (Lipinski definition) is 2. The van der Waals surface area contributed by atoms with Gasteiger partial charge in [-0.25, -0.2) is 4.79 Å². The van der Waals surface area contributed by atoms with Crippen molar-refractivity contribution in [2.45, 2.75) is 25.0 Å². The van der Waals surface area contributed by atoms with Gasteiger partial charge in [-0.05, 0) is 44.2 Å². The molecule has 24 heavy (non-hydrogen) atoms. The molecule has 0 fully saturated rings. The van der Waals surface area contributed by atoms with Crippen LogP contribution in [0.15, 0.2) is 29.3 Å².